The largest absolute Gasteiger partial charge is 0.384 e. The number of nitrogens with two attached hydrogens (primary N) is 1. The molecule has 182 valence electrons. The second-order valence-corrected chi connectivity index (χ2v) is 10.6. The monoisotopic (exact) mass is 499 g/mol. The zero-order chi connectivity index (χ0) is 25.4. The number of carbonyl (C=O) groups excluding carboxylic acids is 1. The molecule has 0 radical (unpaired) electrons. The molecule has 3 N–H and O–H groups in total. The van der Waals surface area contributed by atoms with Crippen LogP contribution in [-0.4, -0.2) is 35.4 Å². The Kier molecular flexibility index (Phi) is 5.93. The summed E-state index contributed by atoms with van der Waals surface area (Å²) < 4.78 is 29.0. The Balaban J connectivity index is 1.58. The number of carbonyl (C=O) groups is 1. The maximum atomic E-state index is 13.7. The molecule has 0 saturated heterocycles. The van der Waals surface area contributed by atoms with Crippen molar-refractivity contribution in [3.05, 3.63) is 89.5 Å². The predicted molar refractivity (Wildman–Crippen MR) is 140 cm³/mol. The SMILES string of the molecule is Cc1ccc(S(=O)(=O)c2c(N)n(CCNC(=O)c3cccc(C)c3)c3nc4ccccc4nc23)cc1. The molecule has 0 unspecified atom stereocenters. The molecule has 0 aliphatic rings. The van der Waals surface area contributed by atoms with Crippen LogP contribution in [0.1, 0.15) is 21.5 Å². The number of rotatable bonds is 6. The number of para-hydroxylation sites is 2. The molecule has 0 atom stereocenters. The van der Waals surface area contributed by atoms with Gasteiger partial charge in [-0.15, -0.1) is 0 Å². The topological polar surface area (TPSA) is 120 Å². The molecular formula is C27H25N5O3S. The highest BCUT2D eigenvalue weighted by Crippen LogP contribution is 2.35. The standard InChI is InChI=1S/C27H25N5O3S/c1-17-10-12-20(13-11-17)36(34,35)24-23-26(31-22-9-4-3-8-21(22)30-23)32(25(24)28)15-14-29-27(33)19-7-5-6-18(2)16-19/h3-13,16H,14-15,28H2,1-2H3,(H,29,33). The Morgan fingerprint density at radius 1 is 0.917 bits per heavy atom. The fourth-order valence-corrected chi connectivity index (χ4v) is 5.69. The predicted octanol–water partition coefficient (Wildman–Crippen LogP) is 4.05. The van der Waals surface area contributed by atoms with Crippen molar-refractivity contribution < 1.29 is 13.2 Å². The lowest BCUT2D eigenvalue weighted by atomic mass is 10.1. The molecule has 5 rings (SSSR count). The lowest BCUT2D eigenvalue weighted by molar-refractivity contribution is 0.0952. The fourth-order valence-electron chi connectivity index (χ4n) is 4.19. The van der Waals surface area contributed by atoms with E-state index in [0.29, 0.717) is 22.2 Å². The maximum absolute atomic E-state index is 13.7. The molecule has 5 aromatic rings. The van der Waals surface area contributed by atoms with Crippen molar-refractivity contribution in [2.24, 2.45) is 0 Å². The summed E-state index contributed by atoms with van der Waals surface area (Å²) in [4.78, 5) is 22.0. The Labute approximate surface area is 208 Å². The van der Waals surface area contributed by atoms with E-state index in [9.17, 15) is 13.2 Å². The van der Waals surface area contributed by atoms with E-state index in [1.165, 1.54) is 0 Å². The minimum atomic E-state index is -3.99. The van der Waals surface area contributed by atoms with Crippen LogP contribution < -0.4 is 11.1 Å². The van der Waals surface area contributed by atoms with E-state index in [-0.39, 0.29) is 40.1 Å². The van der Waals surface area contributed by atoms with Crippen LogP contribution in [0.2, 0.25) is 0 Å². The summed E-state index contributed by atoms with van der Waals surface area (Å²) in [5.41, 5.74) is 10.7. The van der Waals surface area contributed by atoms with E-state index < -0.39 is 9.84 Å². The van der Waals surface area contributed by atoms with Gasteiger partial charge in [0.05, 0.1) is 15.9 Å². The van der Waals surface area contributed by atoms with Gasteiger partial charge in [-0.3, -0.25) is 4.79 Å². The first-order chi connectivity index (χ1) is 17.3. The maximum Gasteiger partial charge on any atom is 0.251 e. The van der Waals surface area contributed by atoms with Gasteiger partial charge < -0.3 is 15.6 Å². The Bertz CT molecular complexity index is 1720. The van der Waals surface area contributed by atoms with Gasteiger partial charge in [0.1, 0.15) is 16.2 Å². The summed E-state index contributed by atoms with van der Waals surface area (Å²) in [6, 6.07) is 21.1. The number of fused-ring (bicyclic) bond motifs is 2. The number of aromatic nitrogens is 3. The smallest absolute Gasteiger partial charge is 0.251 e. The zero-order valence-electron chi connectivity index (χ0n) is 19.9. The van der Waals surface area contributed by atoms with Crippen LogP contribution >= 0.6 is 0 Å². The van der Waals surface area contributed by atoms with Crippen molar-refractivity contribution in [2.45, 2.75) is 30.2 Å². The highest BCUT2D eigenvalue weighted by molar-refractivity contribution is 7.92. The molecule has 2 heterocycles. The van der Waals surface area contributed by atoms with Crippen LogP contribution in [0.3, 0.4) is 0 Å². The zero-order valence-corrected chi connectivity index (χ0v) is 20.7. The minimum absolute atomic E-state index is 0.0330. The van der Waals surface area contributed by atoms with Gasteiger partial charge in [0.25, 0.3) is 5.91 Å². The number of benzene rings is 3. The quantitative estimate of drug-likeness (QED) is 0.364. The summed E-state index contributed by atoms with van der Waals surface area (Å²) in [6.45, 7) is 4.25. The minimum Gasteiger partial charge on any atom is -0.384 e. The first-order valence-electron chi connectivity index (χ1n) is 11.5. The first-order valence-corrected chi connectivity index (χ1v) is 12.9. The molecule has 0 saturated carbocycles. The average molecular weight is 500 g/mol. The average Bonchev–Trinajstić information content (AvgIpc) is 3.13. The molecular weight excluding hydrogens is 474 g/mol. The van der Waals surface area contributed by atoms with Crippen LogP contribution in [0.25, 0.3) is 22.2 Å². The highest BCUT2D eigenvalue weighted by atomic mass is 32.2. The van der Waals surface area contributed by atoms with Gasteiger partial charge in [0.2, 0.25) is 9.84 Å². The Hall–Kier alpha value is -4.24. The molecule has 0 fully saturated rings. The van der Waals surface area contributed by atoms with E-state index in [0.717, 1.165) is 11.1 Å². The molecule has 0 bridgehead atoms. The van der Waals surface area contributed by atoms with Gasteiger partial charge in [0, 0.05) is 18.7 Å². The highest BCUT2D eigenvalue weighted by Gasteiger charge is 2.30. The summed E-state index contributed by atoms with van der Waals surface area (Å²) in [5.74, 6) is -0.191. The molecule has 9 heteroatoms. The van der Waals surface area contributed by atoms with Crippen molar-refractivity contribution >= 4 is 43.8 Å². The van der Waals surface area contributed by atoms with Crippen LogP contribution in [0.15, 0.2) is 82.6 Å². The van der Waals surface area contributed by atoms with Gasteiger partial charge in [-0.25, -0.2) is 18.4 Å². The summed E-state index contributed by atoms with van der Waals surface area (Å²) >= 11 is 0. The van der Waals surface area contributed by atoms with Crippen LogP contribution in [0.5, 0.6) is 0 Å². The number of aryl methyl sites for hydroxylation is 2. The van der Waals surface area contributed by atoms with Gasteiger partial charge >= 0.3 is 0 Å². The molecule has 36 heavy (non-hydrogen) atoms. The number of hydrogen-bond acceptors (Lipinski definition) is 6. The molecule has 0 aliphatic carbocycles. The number of nitrogen functional groups attached to an aromatic ring is 1. The number of nitrogens with zero attached hydrogens (tertiary/aromatic N) is 3. The Morgan fingerprint density at radius 2 is 1.61 bits per heavy atom. The number of nitrogens with one attached hydrogen (secondary N) is 1. The van der Waals surface area contributed by atoms with Gasteiger partial charge in [-0.2, -0.15) is 0 Å². The van der Waals surface area contributed by atoms with E-state index in [1.54, 1.807) is 47.0 Å². The molecule has 0 aliphatic heterocycles. The first kappa shape index (κ1) is 23.5. The van der Waals surface area contributed by atoms with E-state index in [2.05, 4.69) is 10.3 Å². The van der Waals surface area contributed by atoms with E-state index in [1.807, 2.05) is 44.2 Å². The number of hydrogen-bond donors (Lipinski definition) is 2. The molecule has 3 aromatic carbocycles. The summed E-state index contributed by atoms with van der Waals surface area (Å²) in [5, 5.41) is 2.88. The molecule has 2 aromatic heterocycles. The fraction of sp³-hybridized carbons (Fsp3) is 0.148. The van der Waals surface area contributed by atoms with Crippen molar-refractivity contribution in [3.63, 3.8) is 0 Å². The molecule has 8 nitrogen and oxygen atoms in total. The number of anilines is 1. The number of sulfone groups is 1. The van der Waals surface area contributed by atoms with Crippen molar-refractivity contribution in [3.8, 4) is 0 Å². The van der Waals surface area contributed by atoms with Crippen LogP contribution in [-0.2, 0) is 16.4 Å². The summed E-state index contributed by atoms with van der Waals surface area (Å²) in [7, 11) is -3.99. The van der Waals surface area contributed by atoms with Crippen molar-refractivity contribution in [1.29, 1.82) is 0 Å². The second-order valence-electron chi connectivity index (χ2n) is 8.69. The van der Waals surface area contributed by atoms with Crippen LogP contribution in [0.4, 0.5) is 5.82 Å². The summed E-state index contributed by atoms with van der Waals surface area (Å²) in [6.07, 6.45) is 0. The van der Waals surface area contributed by atoms with E-state index >= 15 is 0 Å². The van der Waals surface area contributed by atoms with Crippen LogP contribution in [0, 0.1) is 13.8 Å². The van der Waals surface area contributed by atoms with Crippen molar-refractivity contribution in [1.82, 2.24) is 19.9 Å². The van der Waals surface area contributed by atoms with Gasteiger partial charge in [0.15, 0.2) is 5.65 Å². The third-order valence-electron chi connectivity index (χ3n) is 6.05. The number of amides is 1. The third-order valence-corrected chi connectivity index (χ3v) is 7.88. The second kappa shape index (κ2) is 9.09. The van der Waals surface area contributed by atoms with Gasteiger partial charge in [-0.05, 0) is 50.2 Å². The Morgan fingerprint density at radius 3 is 2.31 bits per heavy atom. The lowest BCUT2D eigenvalue weighted by Gasteiger charge is -2.10. The lowest BCUT2D eigenvalue weighted by Crippen LogP contribution is -2.27. The van der Waals surface area contributed by atoms with Gasteiger partial charge in [-0.1, -0.05) is 47.5 Å². The van der Waals surface area contributed by atoms with Crippen molar-refractivity contribution in [2.75, 3.05) is 12.3 Å². The normalized spacial score (nSPS) is 11.7. The third kappa shape index (κ3) is 4.18. The molecule has 1 amide bonds. The molecule has 0 spiro atoms. The van der Waals surface area contributed by atoms with E-state index in [4.69, 9.17) is 10.7 Å².